The van der Waals surface area contributed by atoms with E-state index >= 15 is 0 Å². The van der Waals surface area contributed by atoms with Crippen LogP contribution >= 0.6 is 0 Å². The number of carbonyl (C=O) groups is 2. The summed E-state index contributed by atoms with van der Waals surface area (Å²) in [6.45, 7) is 15.5. The van der Waals surface area contributed by atoms with Gasteiger partial charge in [0.25, 0.3) is 0 Å². The Balaban J connectivity index is 2.41. The minimum Gasteiger partial charge on any atom is -0.298 e. The van der Waals surface area contributed by atoms with Crippen LogP contribution in [0.15, 0.2) is 12.2 Å². The molecule has 1 aliphatic carbocycles. The van der Waals surface area contributed by atoms with Crippen LogP contribution in [0.25, 0.3) is 0 Å². The zero-order chi connectivity index (χ0) is 27.2. The highest BCUT2D eigenvalue weighted by atomic mass is 17.2. The van der Waals surface area contributed by atoms with E-state index in [0.717, 1.165) is 64.2 Å². The van der Waals surface area contributed by atoms with Gasteiger partial charge in [0.2, 0.25) is 0 Å². The molecule has 0 amide bonds. The molecule has 0 saturated heterocycles. The molecule has 0 heterocycles. The van der Waals surface area contributed by atoms with Crippen LogP contribution in [-0.4, -0.2) is 23.1 Å². The molecule has 0 spiro atoms. The Kier molecular flexibility index (Phi) is 14.3. The summed E-state index contributed by atoms with van der Waals surface area (Å²) in [6.07, 6.45) is 17.8. The highest BCUT2D eigenvalue weighted by molar-refractivity contribution is 5.77. The summed E-state index contributed by atoms with van der Waals surface area (Å²) in [6, 6.07) is 0. The average Bonchev–Trinajstić information content (AvgIpc) is 2.78. The van der Waals surface area contributed by atoms with Gasteiger partial charge in [0.1, 0.15) is 11.2 Å². The van der Waals surface area contributed by atoms with E-state index in [4.69, 9.17) is 19.6 Å². The molecule has 0 bridgehead atoms. The molecule has 0 fully saturated rings. The molecular weight excluding hydrogens is 456 g/mol. The molecule has 0 aromatic rings. The Morgan fingerprint density at radius 2 is 1.33 bits per heavy atom. The molecule has 36 heavy (non-hydrogen) atoms. The Morgan fingerprint density at radius 3 is 1.94 bits per heavy atom. The number of allylic oxidation sites excluding steroid dienone is 2. The van der Waals surface area contributed by atoms with Crippen molar-refractivity contribution in [2.24, 2.45) is 17.3 Å². The maximum absolute atomic E-state index is 13.1. The predicted molar refractivity (Wildman–Crippen MR) is 144 cm³/mol. The van der Waals surface area contributed by atoms with Crippen molar-refractivity contribution < 1.29 is 29.1 Å². The maximum Gasteiger partial charge on any atom is 0.348 e. The van der Waals surface area contributed by atoms with Gasteiger partial charge in [-0.15, -0.1) is 0 Å². The minimum absolute atomic E-state index is 0.192. The van der Waals surface area contributed by atoms with Crippen LogP contribution in [0.3, 0.4) is 0 Å². The maximum atomic E-state index is 13.1. The predicted octanol–water partition coefficient (Wildman–Crippen LogP) is 8.43. The lowest BCUT2D eigenvalue weighted by molar-refractivity contribution is -0.328. The van der Waals surface area contributed by atoms with Crippen molar-refractivity contribution in [2.75, 3.05) is 0 Å². The van der Waals surface area contributed by atoms with E-state index in [1.54, 1.807) is 0 Å². The minimum atomic E-state index is -0.552. The highest BCUT2D eigenvalue weighted by Gasteiger charge is 2.45. The molecule has 0 aromatic carbocycles. The molecule has 6 nitrogen and oxygen atoms in total. The number of rotatable bonds is 16. The normalized spacial score (nSPS) is 22.4. The largest absolute Gasteiger partial charge is 0.348 e. The van der Waals surface area contributed by atoms with E-state index in [9.17, 15) is 9.59 Å². The zero-order valence-electron chi connectivity index (χ0n) is 24.5. The fraction of sp³-hybridized carbons (Fsp3) is 0.867. The molecule has 0 radical (unpaired) electrons. The Hall–Kier alpha value is -1.40. The molecule has 3 unspecified atom stereocenters. The SMILES string of the molecule is CCCCCC1C=CC(CCCCCCCCC(=O)OOC(C)(C)C)CC1(C)C(=O)OOC(C)(C)C. The van der Waals surface area contributed by atoms with Gasteiger partial charge in [-0.25, -0.2) is 9.59 Å². The van der Waals surface area contributed by atoms with E-state index in [2.05, 4.69) is 26.0 Å². The van der Waals surface area contributed by atoms with Crippen LogP contribution in [0.1, 0.15) is 139 Å². The molecule has 3 atom stereocenters. The lowest BCUT2D eigenvalue weighted by Crippen LogP contribution is -2.41. The third kappa shape index (κ3) is 13.8. The summed E-state index contributed by atoms with van der Waals surface area (Å²) in [5.41, 5.74) is -1.55. The summed E-state index contributed by atoms with van der Waals surface area (Å²) in [7, 11) is 0. The van der Waals surface area contributed by atoms with Gasteiger partial charge in [-0.3, -0.25) is 9.78 Å². The van der Waals surface area contributed by atoms with Gasteiger partial charge < -0.3 is 0 Å². The topological polar surface area (TPSA) is 71.1 Å². The van der Waals surface area contributed by atoms with Gasteiger partial charge in [0, 0.05) is 6.42 Å². The zero-order valence-corrected chi connectivity index (χ0v) is 24.5. The molecule has 6 heteroatoms. The van der Waals surface area contributed by atoms with Crippen molar-refractivity contribution in [3.8, 4) is 0 Å². The van der Waals surface area contributed by atoms with Crippen LogP contribution in [-0.2, 0) is 29.1 Å². The molecule has 210 valence electrons. The third-order valence-corrected chi connectivity index (χ3v) is 6.66. The molecule has 1 rings (SSSR count). The standard InChI is InChI=1S/C30H54O6/c1-9-10-15-19-25-22-21-24(23-30(25,8)27(32)34-36-29(5,6)7)18-16-13-11-12-14-17-20-26(31)33-35-28(2,3)4/h21-22,24-25H,9-20,23H2,1-8H3. The molecule has 0 aliphatic heterocycles. The summed E-state index contributed by atoms with van der Waals surface area (Å²) in [5, 5.41) is 0. The average molecular weight is 511 g/mol. The van der Waals surface area contributed by atoms with Gasteiger partial charge in [-0.2, -0.15) is 9.78 Å². The molecule has 1 aliphatic rings. The first kappa shape index (κ1) is 32.6. The fourth-order valence-corrected chi connectivity index (χ4v) is 4.58. The molecule has 0 saturated carbocycles. The summed E-state index contributed by atoms with van der Waals surface area (Å²) in [5.74, 6) is 0.0465. The van der Waals surface area contributed by atoms with E-state index in [0.29, 0.717) is 12.3 Å². The van der Waals surface area contributed by atoms with Gasteiger partial charge in [0.05, 0.1) is 5.41 Å². The van der Waals surface area contributed by atoms with Gasteiger partial charge in [0.15, 0.2) is 0 Å². The first-order valence-electron chi connectivity index (χ1n) is 14.2. The Labute approximate surface area is 220 Å². The van der Waals surface area contributed by atoms with Crippen molar-refractivity contribution in [1.82, 2.24) is 0 Å². The first-order valence-corrected chi connectivity index (χ1v) is 14.2. The molecule has 0 aromatic heterocycles. The summed E-state index contributed by atoms with van der Waals surface area (Å²) in [4.78, 5) is 45.5. The Morgan fingerprint density at radius 1 is 0.778 bits per heavy atom. The third-order valence-electron chi connectivity index (χ3n) is 6.66. The van der Waals surface area contributed by atoms with Crippen molar-refractivity contribution in [1.29, 1.82) is 0 Å². The second-order valence-corrected chi connectivity index (χ2v) is 12.7. The number of hydrogen-bond donors (Lipinski definition) is 0. The molecular formula is C30H54O6. The van der Waals surface area contributed by atoms with Gasteiger partial charge in [-0.05, 0) is 86.0 Å². The second kappa shape index (κ2) is 15.8. The summed E-state index contributed by atoms with van der Waals surface area (Å²) < 4.78 is 0. The lowest BCUT2D eigenvalue weighted by Gasteiger charge is -2.39. The molecule has 0 N–H and O–H groups in total. The van der Waals surface area contributed by atoms with E-state index in [1.807, 2.05) is 41.5 Å². The van der Waals surface area contributed by atoms with Crippen LogP contribution in [0, 0.1) is 17.3 Å². The number of carbonyl (C=O) groups excluding carboxylic acids is 2. The lowest BCUT2D eigenvalue weighted by atomic mass is 9.65. The number of unbranched alkanes of at least 4 members (excludes halogenated alkanes) is 7. The first-order chi connectivity index (χ1) is 16.8. The van der Waals surface area contributed by atoms with Gasteiger partial charge >= 0.3 is 11.9 Å². The van der Waals surface area contributed by atoms with Crippen molar-refractivity contribution in [3.05, 3.63) is 12.2 Å². The Bertz CT molecular complexity index is 672. The monoisotopic (exact) mass is 510 g/mol. The smallest absolute Gasteiger partial charge is 0.298 e. The number of hydrogen-bond acceptors (Lipinski definition) is 6. The second-order valence-electron chi connectivity index (χ2n) is 12.7. The van der Waals surface area contributed by atoms with E-state index in [-0.39, 0.29) is 17.9 Å². The van der Waals surface area contributed by atoms with Crippen LogP contribution < -0.4 is 0 Å². The fourth-order valence-electron chi connectivity index (χ4n) is 4.58. The highest BCUT2D eigenvalue weighted by Crippen LogP contribution is 2.45. The van der Waals surface area contributed by atoms with E-state index < -0.39 is 16.6 Å². The summed E-state index contributed by atoms with van der Waals surface area (Å²) >= 11 is 0. The van der Waals surface area contributed by atoms with Crippen LogP contribution in [0.2, 0.25) is 0 Å². The van der Waals surface area contributed by atoms with Crippen molar-refractivity contribution in [2.45, 2.75) is 150 Å². The van der Waals surface area contributed by atoms with Crippen LogP contribution in [0.5, 0.6) is 0 Å². The quantitative estimate of drug-likeness (QED) is 0.0898. The van der Waals surface area contributed by atoms with Crippen LogP contribution in [0.4, 0.5) is 0 Å². The van der Waals surface area contributed by atoms with Gasteiger partial charge in [-0.1, -0.05) is 70.4 Å². The van der Waals surface area contributed by atoms with E-state index in [1.165, 1.54) is 12.8 Å². The van der Waals surface area contributed by atoms with Crippen molar-refractivity contribution in [3.63, 3.8) is 0 Å². The van der Waals surface area contributed by atoms with Crippen molar-refractivity contribution >= 4 is 11.9 Å².